The van der Waals surface area contributed by atoms with Crippen molar-refractivity contribution in [3.63, 3.8) is 0 Å². The van der Waals surface area contributed by atoms with Crippen LogP contribution < -0.4 is 10.5 Å². The van der Waals surface area contributed by atoms with Crippen molar-refractivity contribution >= 4 is 33.0 Å². The van der Waals surface area contributed by atoms with Gasteiger partial charge in [0.1, 0.15) is 4.83 Å². The summed E-state index contributed by atoms with van der Waals surface area (Å²) >= 11 is 1.42. The number of thiophene rings is 1. The van der Waals surface area contributed by atoms with Gasteiger partial charge in [-0.1, -0.05) is 32.0 Å². The third-order valence-corrected chi connectivity index (χ3v) is 5.84. The number of benzene rings is 1. The second kappa shape index (κ2) is 5.92. The third kappa shape index (κ3) is 2.49. The Morgan fingerprint density at radius 1 is 1.27 bits per heavy atom. The number of carbonyl (C=O) groups is 1. The van der Waals surface area contributed by atoms with Crippen LogP contribution in [0.3, 0.4) is 0 Å². The molecule has 0 saturated carbocycles. The number of nitrogens with zero attached hydrogens (tertiary/aromatic N) is 3. The van der Waals surface area contributed by atoms with Crippen LogP contribution in [0.1, 0.15) is 19.4 Å². The van der Waals surface area contributed by atoms with E-state index in [1.54, 1.807) is 12.1 Å². The molecule has 1 aliphatic rings. The van der Waals surface area contributed by atoms with Crippen LogP contribution in [0.25, 0.3) is 10.2 Å². The number of para-hydroxylation sites is 1. The van der Waals surface area contributed by atoms with Crippen LogP contribution in [0.15, 0.2) is 58.6 Å². The van der Waals surface area contributed by atoms with E-state index in [0.717, 1.165) is 11.4 Å². The van der Waals surface area contributed by atoms with Gasteiger partial charge in [-0.25, -0.2) is 4.98 Å². The lowest BCUT2D eigenvalue weighted by molar-refractivity contribution is -0.115. The van der Waals surface area contributed by atoms with E-state index in [1.165, 1.54) is 27.8 Å². The Labute approximate surface area is 155 Å². The van der Waals surface area contributed by atoms with Gasteiger partial charge < -0.3 is 4.90 Å². The molecule has 6 heteroatoms. The first kappa shape index (κ1) is 16.7. The summed E-state index contributed by atoms with van der Waals surface area (Å²) < 4.78 is 1.38. The number of likely N-dealkylation sites (N-methyl/N-ethyl adjacent to an activating group) is 1. The minimum atomic E-state index is -0.262. The van der Waals surface area contributed by atoms with Crippen LogP contribution in [0.2, 0.25) is 0 Å². The molecule has 26 heavy (non-hydrogen) atoms. The maximum absolute atomic E-state index is 12.7. The van der Waals surface area contributed by atoms with Crippen LogP contribution >= 0.6 is 11.3 Å². The van der Waals surface area contributed by atoms with Gasteiger partial charge in [-0.05, 0) is 23.1 Å². The van der Waals surface area contributed by atoms with Crippen LogP contribution in [-0.4, -0.2) is 22.4 Å². The van der Waals surface area contributed by atoms with E-state index in [-0.39, 0.29) is 23.3 Å². The summed E-state index contributed by atoms with van der Waals surface area (Å²) in [6.45, 7) is 4.21. The van der Waals surface area contributed by atoms with Crippen LogP contribution in [0.4, 0.5) is 5.69 Å². The molecule has 2 aromatic heterocycles. The second-order valence-electron chi connectivity index (χ2n) is 7.01. The molecule has 1 aliphatic heterocycles. The molecule has 0 amide bonds. The molecule has 0 spiro atoms. The lowest BCUT2D eigenvalue weighted by Gasteiger charge is -2.24. The molecule has 0 atom stereocenters. The number of carbonyl (C=O) groups excluding carboxylic acids is 1. The summed E-state index contributed by atoms with van der Waals surface area (Å²) in [5, 5.41) is 2.39. The number of anilines is 1. The fourth-order valence-electron chi connectivity index (χ4n) is 3.63. The quantitative estimate of drug-likeness (QED) is 0.668. The van der Waals surface area contributed by atoms with E-state index < -0.39 is 0 Å². The van der Waals surface area contributed by atoms with Crippen molar-refractivity contribution in [2.24, 2.45) is 0 Å². The highest BCUT2D eigenvalue weighted by Gasteiger charge is 2.38. The molecule has 4 rings (SSSR count). The van der Waals surface area contributed by atoms with Crippen LogP contribution in [-0.2, 0) is 16.8 Å². The molecular weight excluding hydrogens is 346 g/mol. The van der Waals surface area contributed by atoms with Crippen molar-refractivity contribution in [2.45, 2.75) is 25.8 Å². The summed E-state index contributed by atoms with van der Waals surface area (Å²) in [5.41, 5.74) is 2.79. The van der Waals surface area contributed by atoms with Gasteiger partial charge in [0, 0.05) is 29.9 Å². The predicted octanol–water partition coefficient (Wildman–Crippen LogP) is 3.34. The van der Waals surface area contributed by atoms with Gasteiger partial charge in [0.25, 0.3) is 5.56 Å². The number of hydrogen-bond acceptors (Lipinski definition) is 5. The molecule has 1 aromatic carbocycles. The number of ketones is 1. The molecule has 3 heterocycles. The average molecular weight is 365 g/mol. The smallest absolute Gasteiger partial charge is 0.262 e. The zero-order valence-electron chi connectivity index (χ0n) is 14.9. The number of rotatable bonds is 3. The topological polar surface area (TPSA) is 55.2 Å². The van der Waals surface area contributed by atoms with E-state index in [1.807, 2.05) is 24.6 Å². The molecule has 3 aromatic rings. The Kier molecular flexibility index (Phi) is 3.80. The van der Waals surface area contributed by atoms with Gasteiger partial charge in [0.15, 0.2) is 5.78 Å². The SMILES string of the molecule is CN1/C(=C\C(=O)Cn2cnc3sccc3c2=O)C(C)(C)c2ccccc21. The van der Waals surface area contributed by atoms with Crippen molar-refractivity contribution in [1.29, 1.82) is 0 Å². The van der Waals surface area contributed by atoms with Gasteiger partial charge in [0.05, 0.1) is 18.3 Å². The summed E-state index contributed by atoms with van der Waals surface area (Å²) in [4.78, 5) is 32.2. The summed E-state index contributed by atoms with van der Waals surface area (Å²) in [5.74, 6) is -0.119. The van der Waals surface area contributed by atoms with Gasteiger partial charge in [0.2, 0.25) is 0 Å². The first-order valence-electron chi connectivity index (χ1n) is 8.40. The first-order chi connectivity index (χ1) is 12.4. The minimum Gasteiger partial charge on any atom is -0.347 e. The number of fused-ring (bicyclic) bond motifs is 2. The van der Waals surface area contributed by atoms with Gasteiger partial charge in [-0.2, -0.15) is 0 Å². The number of aromatic nitrogens is 2. The van der Waals surface area contributed by atoms with Gasteiger partial charge in [-0.3, -0.25) is 14.2 Å². The highest BCUT2D eigenvalue weighted by molar-refractivity contribution is 7.16. The fraction of sp³-hybridized carbons (Fsp3) is 0.250. The Morgan fingerprint density at radius 3 is 2.81 bits per heavy atom. The molecule has 0 bridgehead atoms. The highest BCUT2D eigenvalue weighted by atomic mass is 32.1. The van der Waals surface area contributed by atoms with E-state index >= 15 is 0 Å². The molecule has 132 valence electrons. The van der Waals surface area contributed by atoms with Crippen molar-refractivity contribution in [2.75, 3.05) is 11.9 Å². The average Bonchev–Trinajstić information content (AvgIpc) is 3.17. The maximum atomic E-state index is 12.7. The number of hydrogen-bond donors (Lipinski definition) is 0. The van der Waals surface area contributed by atoms with E-state index in [0.29, 0.717) is 10.2 Å². The maximum Gasteiger partial charge on any atom is 0.262 e. The lowest BCUT2D eigenvalue weighted by atomic mass is 9.83. The van der Waals surface area contributed by atoms with Crippen molar-refractivity contribution in [3.8, 4) is 0 Å². The summed E-state index contributed by atoms with van der Waals surface area (Å²) in [7, 11) is 1.97. The Morgan fingerprint density at radius 2 is 2.04 bits per heavy atom. The Bertz CT molecular complexity index is 1110. The third-order valence-electron chi connectivity index (χ3n) is 5.01. The predicted molar refractivity (Wildman–Crippen MR) is 105 cm³/mol. The zero-order valence-corrected chi connectivity index (χ0v) is 15.7. The lowest BCUT2D eigenvalue weighted by Crippen LogP contribution is -2.27. The first-order valence-corrected chi connectivity index (χ1v) is 9.28. The molecule has 0 radical (unpaired) electrons. The van der Waals surface area contributed by atoms with Gasteiger partial charge >= 0.3 is 0 Å². The monoisotopic (exact) mass is 365 g/mol. The zero-order chi connectivity index (χ0) is 18.5. The minimum absolute atomic E-state index is 0.0125. The van der Waals surface area contributed by atoms with Crippen LogP contribution in [0.5, 0.6) is 0 Å². The Balaban J connectivity index is 1.67. The molecule has 5 nitrogen and oxygen atoms in total. The molecule has 0 N–H and O–H groups in total. The molecule has 0 aliphatic carbocycles. The van der Waals surface area contributed by atoms with Gasteiger partial charge in [-0.15, -0.1) is 11.3 Å². The highest BCUT2D eigenvalue weighted by Crippen LogP contribution is 2.46. The van der Waals surface area contributed by atoms with Crippen molar-refractivity contribution in [3.05, 3.63) is 69.7 Å². The molecule has 0 unspecified atom stereocenters. The summed E-state index contributed by atoms with van der Waals surface area (Å²) in [6, 6.07) is 9.91. The second-order valence-corrected chi connectivity index (χ2v) is 7.91. The largest absolute Gasteiger partial charge is 0.347 e. The van der Waals surface area contributed by atoms with E-state index in [9.17, 15) is 9.59 Å². The summed E-state index contributed by atoms with van der Waals surface area (Å²) in [6.07, 6.45) is 3.11. The molecule has 0 fully saturated rings. The normalized spacial score (nSPS) is 17.0. The fourth-order valence-corrected chi connectivity index (χ4v) is 4.35. The molecule has 0 saturated heterocycles. The number of allylic oxidation sites excluding steroid dienone is 2. The Hall–Kier alpha value is -2.73. The van der Waals surface area contributed by atoms with Crippen molar-refractivity contribution in [1.82, 2.24) is 9.55 Å². The van der Waals surface area contributed by atoms with Crippen molar-refractivity contribution < 1.29 is 4.79 Å². The standard InChI is InChI=1S/C20H19N3O2S/c1-20(2)15-6-4-5-7-16(15)22(3)17(20)10-13(24)11-23-12-21-18-14(19(23)25)8-9-26-18/h4-10,12H,11H2,1-3H3/b17-10-. The van der Waals surface area contributed by atoms with Crippen LogP contribution in [0, 0.1) is 0 Å². The van der Waals surface area contributed by atoms with E-state index in [4.69, 9.17) is 0 Å². The molecular formula is C20H19N3O2S. The van der Waals surface area contributed by atoms with E-state index in [2.05, 4.69) is 35.9 Å².